The lowest BCUT2D eigenvalue weighted by atomic mass is 10.3. The number of carboxylic acid groups (broad SMARTS) is 1. The van der Waals surface area contributed by atoms with Gasteiger partial charge in [-0.25, -0.2) is 9.78 Å². The summed E-state index contributed by atoms with van der Waals surface area (Å²) in [5.41, 5.74) is 1.76. The van der Waals surface area contributed by atoms with E-state index in [1.807, 2.05) is 35.5 Å². The van der Waals surface area contributed by atoms with Gasteiger partial charge in [-0.15, -0.1) is 0 Å². The number of aromatic carboxylic acids is 1. The highest BCUT2D eigenvalue weighted by atomic mass is 16.4. The van der Waals surface area contributed by atoms with Gasteiger partial charge in [0.15, 0.2) is 5.69 Å². The molecule has 0 aliphatic heterocycles. The Balaban J connectivity index is 2.54. The van der Waals surface area contributed by atoms with Crippen molar-refractivity contribution in [2.24, 2.45) is 0 Å². The van der Waals surface area contributed by atoms with Crippen LogP contribution in [-0.2, 0) is 6.54 Å². The van der Waals surface area contributed by atoms with Crippen molar-refractivity contribution < 1.29 is 9.90 Å². The van der Waals surface area contributed by atoms with Crippen LogP contribution in [0.25, 0.3) is 5.65 Å². The summed E-state index contributed by atoms with van der Waals surface area (Å²) in [7, 11) is 3.93. The SMILES string of the molecule is CN(C)Cc1cccc2nc(C(=O)O)cn12. The van der Waals surface area contributed by atoms with E-state index >= 15 is 0 Å². The summed E-state index contributed by atoms with van der Waals surface area (Å²) in [6, 6.07) is 5.64. The molecule has 2 aromatic rings. The van der Waals surface area contributed by atoms with Crippen molar-refractivity contribution in [2.75, 3.05) is 14.1 Å². The molecule has 0 unspecified atom stereocenters. The zero-order chi connectivity index (χ0) is 11.7. The molecule has 0 fully saturated rings. The van der Waals surface area contributed by atoms with Crippen molar-refractivity contribution in [1.82, 2.24) is 14.3 Å². The van der Waals surface area contributed by atoms with Crippen LogP contribution in [0.15, 0.2) is 24.4 Å². The van der Waals surface area contributed by atoms with Gasteiger partial charge in [0.1, 0.15) is 5.65 Å². The van der Waals surface area contributed by atoms with Crippen LogP contribution in [-0.4, -0.2) is 39.5 Å². The number of aromatic nitrogens is 2. The molecule has 5 nitrogen and oxygen atoms in total. The molecule has 0 aliphatic rings. The van der Waals surface area contributed by atoms with Gasteiger partial charge < -0.3 is 14.4 Å². The Morgan fingerprint density at radius 1 is 1.50 bits per heavy atom. The maximum Gasteiger partial charge on any atom is 0.356 e. The fraction of sp³-hybridized carbons (Fsp3) is 0.273. The van der Waals surface area contributed by atoms with Crippen LogP contribution >= 0.6 is 0 Å². The molecule has 0 saturated heterocycles. The van der Waals surface area contributed by atoms with Gasteiger partial charge in [0.25, 0.3) is 0 Å². The number of carbonyl (C=O) groups is 1. The normalized spacial score (nSPS) is 11.2. The predicted molar refractivity (Wildman–Crippen MR) is 59.5 cm³/mol. The molecule has 0 amide bonds. The highest BCUT2D eigenvalue weighted by Gasteiger charge is 2.10. The average molecular weight is 219 g/mol. The summed E-state index contributed by atoms with van der Waals surface area (Å²) < 4.78 is 1.81. The maximum absolute atomic E-state index is 10.8. The molecule has 0 radical (unpaired) electrons. The number of hydrogen-bond donors (Lipinski definition) is 1. The first kappa shape index (κ1) is 10.6. The van der Waals surface area contributed by atoms with Crippen LogP contribution in [0.1, 0.15) is 16.2 Å². The van der Waals surface area contributed by atoms with Crippen molar-refractivity contribution in [1.29, 1.82) is 0 Å². The molecule has 0 aromatic carbocycles. The van der Waals surface area contributed by atoms with Crippen LogP contribution in [0.4, 0.5) is 0 Å². The molecule has 84 valence electrons. The first-order valence-corrected chi connectivity index (χ1v) is 4.93. The summed E-state index contributed by atoms with van der Waals surface area (Å²) in [5.74, 6) is -1.00. The summed E-state index contributed by atoms with van der Waals surface area (Å²) in [6.07, 6.45) is 1.55. The molecule has 2 aromatic heterocycles. The van der Waals surface area contributed by atoms with Gasteiger partial charge in [-0.1, -0.05) is 6.07 Å². The van der Waals surface area contributed by atoms with E-state index in [0.29, 0.717) is 5.65 Å². The average Bonchev–Trinajstić information content (AvgIpc) is 2.61. The Labute approximate surface area is 92.9 Å². The zero-order valence-electron chi connectivity index (χ0n) is 9.21. The molecule has 2 heterocycles. The Bertz CT molecular complexity index is 531. The lowest BCUT2D eigenvalue weighted by Gasteiger charge is -2.10. The minimum atomic E-state index is -1.00. The predicted octanol–water partition coefficient (Wildman–Crippen LogP) is 1.09. The van der Waals surface area contributed by atoms with Crippen LogP contribution in [0.2, 0.25) is 0 Å². The van der Waals surface area contributed by atoms with E-state index in [2.05, 4.69) is 4.98 Å². The van der Waals surface area contributed by atoms with Gasteiger partial charge in [0.2, 0.25) is 0 Å². The summed E-state index contributed by atoms with van der Waals surface area (Å²) in [6.45, 7) is 0.743. The minimum absolute atomic E-state index is 0.0752. The third kappa shape index (κ3) is 1.90. The third-order valence-electron chi connectivity index (χ3n) is 2.27. The lowest BCUT2D eigenvalue weighted by molar-refractivity contribution is 0.0691. The van der Waals surface area contributed by atoms with E-state index in [1.54, 1.807) is 12.3 Å². The monoisotopic (exact) mass is 219 g/mol. The van der Waals surface area contributed by atoms with Crippen molar-refractivity contribution in [3.05, 3.63) is 35.8 Å². The molecule has 1 N–H and O–H groups in total. The summed E-state index contributed by atoms with van der Waals surface area (Å²) >= 11 is 0. The van der Waals surface area contributed by atoms with E-state index in [1.165, 1.54) is 0 Å². The quantitative estimate of drug-likeness (QED) is 0.839. The Kier molecular flexibility index (Phi) is 2.62. The summed E-state index contributed by atoms with van der Waals surface area (Å²) in [4.78, 5) is 16.9. The Hall–Kier alpha value is -1.88. The third-order valence-corrected chi connectivity index (χ3v) is 2.27. The smallest absolute Gasteiger partial charge is 0.356 e. The first-order valence-electron chi connectivity index (χ1n) is 4.93. The van der Waals surface area contributed by atoms with Gasteiger partial charge in [-0.05, 0) is 26.2 Å². The second-order valence-corrected chi connectivity index (χ2v) is 3.91. The number of fused-ring (bicyclic) bond motifs is 1. The molecule has 16 heavy (non-hydrogen) atoms. The maximum atomic E-state index is 10.8. The van der Waals surface area contributed by atoms with Gasteiger partial charge in [-0.2, -0.15) is 0 Å². The highest BCUT2D eigenvalue weighted by Crippen LogP contribution is 2.10. The fourth-order valence-electron chi connectivity index (χ4n) is 1.62. The molecule has 0 aliphatic carbocycles. The molecule has 0 atom stereocenters. The van der Waals surface area contributed by atoms with E-state index in [0.717, 1.165) is 12.2 Å². The van der Waals surface area contributed by atoms with Gasteiger partial charge >= 0.3 is 5.97 Å². The van der Waals surface area contributed by atoms with Crippen LogP contribution in [0.3, 0.4) is 0 Å². The molecule has 2 rings (SSSR count). The second-order valence-electron chi connectivity index (χ2n) is 3.91. The van der Waals surface area contributed by atoms with E-state index in [9.17, 15) is 4.79 Å². The Morgan fingerprint density at radius 2 is 2.25 bits per heavy atom. The molecule has 0 saturated carbocycles. The van der Waals surface area contributed by atoms with E-state index in [-0.39, 0.29) is 5.69 Å². The van der Waals surface area contributed by atoms with Crippen LogP contribution in [0, 0.1) is 0 Å². The number of imidazole rings is 1. The highest BCUT2D eigenvalue weighted by molar-refractivity contribution is 5.86. The van der Waals surface area contributed by atoms with Gasteiger partial charge in [0, 0.05) is 18.4 Å². The van der Waals surface area contributed by atoms with Gasteiger partial charge in [-0.3, -0.25) is 0 Å². The minimum Gasteiger partial charge on any atom is -0.476 e. The lowest BCUT2D eigenvalue weighted by Crippen LogP contribution is -2.13. The number of hydrogen-bond acceptors (Lipinski definition) is 3. The molecule has 0 bridgehead atoms. The molecule has 0 spiro atoms. The van der Waals surface area contributed by atoms with Crippen molar-refractivity contribution >= 4 is 11.6 Å². The van der Waals surface area contributed by atoms with Crippen molar-refractivity contribution in [2.45, 2.75) is 6.54 Å². The van der Waals surface area contributed by atoms with Crippen LogP contribution in [0.5, 0.6) is 0 Å². The van der Waals surface area contributed by atoms with Gasteiger partial charge in [0.05, 0.1) is 0 Å². The first-order chi connectivity index (χ1) is 7.58. The number of pyridine rings is 1. The largest absolute Gasteiger partial charge is 0.476 e. The Morgan fingerprint density at radius 3 is 2.88 bits per heavy atom. The van der Waals surface area contributed by atoms with E-state index < -0.39 is 5.97 Å². The standard InChI is InChI=1S/C11H13N3O2/c1-13(2)6-8-4-3-5-10-12-9(11(15)16)7-14(8)10/h3-5,7H,6H2,1-2H3,(H,15,16). The number of carboxylic acids is 1. The van der Waals surface area contributed by atoms with Crippen molar-refractivity contribution in [3.63, 3.8) is 0 Å². The molecular weight excluding hydrogens is 206 g/mol. The topological polar surface area (TPSA) is 57.8 Å². The second kappa shape index (κ2) is 3.94. The fourth-order valence-corrected chi connectivity index (χ4v) is 1.62. The van der Waals surface area contributed by atoms with Crippen LogP contribution < -0.4 is 0 Å². The number of nitrogens with zero attached hydrogens (tertiary/aromatic N) is 3. The zero-order valence-corrected chi connectivity index (χ0v) is 9.21. The van der Waals surface area contributed by atoms with E-state index in [4.69, 9.17) is 5.11 Å². The molecule has 5 heteroatoms. The van der Waals surface area contributed by atoms with Crippen molar-refractivity contribution in [3.8, 4) is 0 Å². The number of rotatable bonds is 3. The molecular formula is C11H13N3O2. The summed E-state index contributed by atoms with van der Waals surface area (Å²) in [5, 5.41) is 8.87.